The van der Waals surface area contributed by atoms with E-state index < -0.39 is 11.2 Å². The molecule has 0 aliphatic carbocycles. The van der Waals surface area contributed by atoms with E-state index in [0.29, 0.717) is 32.5 Å². The Morgan fingerprint density at radius 2 is 2.15 bits per heavy atom. The number of nitrogens with one attached hydrogen (secondary N) is 1. The summed E-state index contributed by atoms with van der Waals surface area (Å²) < 4.78 is 25.5. The van der Waals surface area contributed by atoms with Crippen LogP contribution in [0.4, 0.5) is 4.39 Å². The van der Waals surface area contributed by atoms with Gasteiger partial charge in [0.05, 0.1) is 17.2 Å². The maximum Gasteiger partial charge on any atom is 0.259 e. The van der Waals surface area contributed by atoms with Gasteiger partial charge >= 0.3 is 0 Å². The van der Waals surface area contributed by atoms with Crippen LogP contribution in [-0.2, 0) is 9.47 Å². The molecule has 1 aromatic carbocycles. The molecule has 2 fully saturated rings. The number of H-pyrrole nitrogens is 1. The first-order valence-electron chi connectivity index (χ1n) is 9.32. The average Bonchev–Trinajstić information content (AvgIpc) is 2.69. The van der Waals surface area contributed by atoms with Crippen LogP contribution in [0.5, 0.6) is 0 Å². The first kappa shape index (κ1) is 18.1. The zero-order chi connectivity index (χ0) is 19.0. The second kappa shape index (κ2) is 7.05. The summed E-state index contributed by atoms with van der Waals surface area (Å²) in [5.41, 5.74) is -0.632. The van der Waals surface area contributed by atoms with Crippen molar-refractivity contribution in [1.29, 1.82) is 0 Å². The predicted molar refractivity (Wildman–Crippen MR) is 98.4 cm³/mol. The molecular formula is C20H23FN2O4. The Bertz CT molecular complexity index is 918. The minimum Gasteiger partial charge on any atom is -0.378 e. The number of hydrogen-bond acceptors (Lipinski definition) is 4. The van der Waals surface area contributed by atoms with Crippen molar-refractivity contribution in [1.82, 2.24) is 9.88 Å². The Morgan fingerprint density at radius 3 is 2.89 bits per heavy atom. The lowest BCUT2D eigenvalue weighted by Gasteiger charge is -2.47. The Morgan fingerprint density at radius 1 is 1.37 bits per heavy atom. The summed E-state index contributed by atoms with van der Waals surface area (Å²) >= 11 is 0. The van der Waals surface area contributed by atoms with Crippen molar-refractivity contribution in [2.24, 2.45) is 0 Å². The van der Waals surface area contributed by atoms with Crippen molar-refractivity contribution >= 4 is 16.8 Å². The molecule has 2 aliphatic rings. The number of benzene rings is 1. The number of halogens is 1. The quantitative estimate of drug-likeness (QED) is 0.877. The van der Waals surface area contributed by atoms with E-state index in [1.807, 2.05) is 0 Å². The van der Waals surface area contributed by atoms with Crippen molar-refractivity contribution in [2.45, 2.75) is 37.4 Å². The zero-order valence-electron chi connectivity index (χ0n) is 15.3. The van der Waals surface area contributed by atoms with E-state index in [4.69, 9.17) is 9.47 Å². The van der Waals surface area contributed by atoms with Gasteiger partial charge in [-0.25, -0.2) is 4.39 Å². The zero-order valence-corrected chi connectivity index (χ0v) is 15.3. The van der Waals surface area contributed by atoms with Crippen LogP contribution >= 0.6 is 0 Å². The number of carbonyl (C=O) groups is 1. The third-order valence-corrected chi connectivity index (χ3v) is 5.86. The van der Waals surface area contributed by atoms with Crippen LogP contribution in [0.15, 0.2) is 29.2 Å². The fraction of sp³-hybridized carbons (Fsp3) is 0.500. The number of ether oxygens (including phenoxy) is 2. The van der Waals surface area contributed by atoms with Crippen molar-refractivity contribution in [3.8, 4) is 0 Å². The number of aromatic amines is 1. The number of aromatic nitrogens is 1. The molecule has 2 aliphatic heterocycles. The highest BCUT2D eigenvalue weighted by Gasteiger charge is 2.45. The van der Waals surface area contributed by atoms with Crippen LogP contribution in [0, 0.1) is 5.82 Å². The van der Waals surface area contributed by atoms with Crippen LogP contribution in [0.25, 0.3) is 10.9 Å². The van der Waals surface area contributed by atoms with E-state index in [0.717, 1.165) is 12.8 Å². The summed E-state index contributed by atoms with van der Waals surface area (Å²) in [4.78, 5) is 30.0. The second-order valence-corrected chi connectivity index (χ2v) is 7.27. The van der Waals surface area contributed by atoms with Gasteiger partial charge in [0.1, 0.15) is 11.4 Å². The smallest absolute Gasteiger partial charge is 0.259 e. The number of piperidine rings is 1. The highest BCUT2D eigenvalue weighted by atomic mass is 19.1. The number of methoxy groups -OCH3 is 1. The first-order valence-corrected chi connectivity index (χ1v) is 9.32. The van der Waals surface area contributed by atoms with Crippen molar-refractivity contribution < 1.29 is 18.7 Å². The average molecular weight is 374 g/mol. The second-order valence-electron chi connectivity index (χ2n) is 7.27. The van der Waals surface area contributed by atoms with E-state index in [1.54, 1.807) is 12.0 Å². The van der Waals surface area contributed by atoms with Gasteiger partial charge in [-0.15, -0.1) is 0 Å². The molecule has 0 bridgehead atoms. The van der Waals surface area contributed by atoms with Gasteiger partial charge in [0, 0.05) is 38.4 Å². The topological polar surface area (TPSA) is 71.6 Å². The lowest BCUT2D eigenvalue weighted by atomic mass is 9.81. The van der Waals surface area contributed by atoms with Gasteiger partial charge in [0.15, 0.2) is 0 Å². The van der Waals surface area contributed by atoms with Gasteiger partial charge < -0.3 is 19.4 Å². The molecular weight excluding hydrogens is 351 g/mol. The fourth-order valence-corrected chi connectivity index (χ4v) is 4.33. The monoisotopic (exact) mass is 374 g/mol. The third-order valence-electron chi connectivity index (χ3n) is 5.86. The van der Waals surface area contributed by atoms with Crippen LogP contribution in [-0.4, -0.2) is 54.3 Å². The molecule has 6 nitrogen and oxygen atoms in total. The molecule has 3 heterocycles. The van der Waals surface area contributed by atoms with Crippen LogP contribution in [0.1, 0.15) is 36.0 Å². The minimum absolute atomic E-state index is 0.0375. The maximum atomic E-state index is 13.8. The molecule has 0 radical (unpaired) electrons. The van der Waals surface area contributed by atoms with Crippen LogP contribution < -0.4 is 5.43 Å². The van der Waals surface area contributed by atoms with E-state index >= 15 is 0 Å². The molecule has 27 heavy (non-hydrogen) atoms. The Kier molecular flexibility index (Phi) is 4.74. The highest BCUT2D eigenvalue weighted by Crippen LogP contribution is 2.37. The standard InChI is InChI=1S/C20H23FN2O4/c1-26-16-6-3-11-27-20(16)7-9-23(10-8-20)19(25)14-12-22-17-13(18(14)24)4-2-5-15(17)21/h2,4-5,12,16H,3,6-11H2,1H3,(H,22,24)/t16-/m0/s1. The van der Waals surface area contributed by atoms with Gasteiger partial charge in [-0.3, -0.25) is 9.59 Å². The van der Waals surface area contributed by atoms with Crippen molar-refractivity contribution in [3.05, 3.63) is 46.0 Å². The molecule has 1 amide bonds. The molecule has 144 valence electrons. The molecule has 0 saturated carbocycles. The predicted octanol–water partition coefficient (Wildman–Crippen LogP) is 2.47. The Balaban J connectivity index is 1.56. The normalized spacial score (nSPS) is 22.3. The van der Waals surface area contributed by atoms with Crippen LogP contribution in [0.3, 0.4) is 0 Å². The summed E-state index contributed by atoms with van der Waals surface area (Å²) in [5.74, 6) is -0.842. The first-order chi connectivity index (χ1) is 13.1. The number of carbonyl (C=O) groups excluding carboxylic acids is 1. The Labute approximate surface area is 156 Å². The molecule has 1 N–H and O–H groups in total. The lowest BCUT2D eigenvalue weighted by Crippen LogP contribution is -2.56. The van der Waals surface area contributed by atoms with Gasteiger partial charge in [-0.1, -0.05) is 6.07 Å². The molecule has 2 saturated heterocycles. The van der Waals surface area contributed by atoms with E-state index in [-0.39, 0.29) is 34.1 Å². The molecule has 1 spiro atoms. The molecule has 7 heteroatoms. The SMILES string of the molecule is CO[C@H]1CCCOC12CCN(C(=O)c1c[nH]c3c(F)cccc3c1=O)CC2. The number of rotatable bonds is 2. The van der Waals surface area contributed by atoms with Crippen molar-refractivity contribution in [2.75, 3.05) is 26.8 Å². The molecule has 1 atom stereocenters. The highest BCUT2D eigenvalue weighted by molar-refractivity contribution is 5.97. The number of hydrogen-bond donors (Lipinski definition) is 1. The maximum absolute atomic E-state index is 13.8. The van der Waals surface area contributed by atoms with E-state index in [9.17, 15) is 14.0 Å². The van der Waals surface area contributed by atoms with Gasteiger partial charge in [-0.2, -0.15) is 0 Å². The number of nitrogens with zero attached hydrogens (tertiary/aromatic N) is 1. The Hall–Kier alpha value is -2.25. The van der Waals surface area contributed by atoms with Crippen LogP contribution in [0.2, 0.25) is 0 Å². The summed E-state index contributed by atoms with van der Waals surface area (Å²) in [6, 6.07) is 4.27. The lowest BCUT2D eigenvalue weighted by molar-refractivity contribution is -0.183. The summed E-state index contributed by atoms with van der Waals surface area (Å²) in [6.07, 6.45) is 4.65. The van der Waals surface area contributed by atoms with Gasteiger partial charge in [0.2, 0.25) is 5.43 Å². The molecule has 2 aromatic rings. The van der Waals surface area contributed by atoms with E-state index in [2.05, 4.69) is 4.98 Å². The fourth-order valence-electron chi connectivity index (χ4n) is 4.33. The number of pyridine rings is 1. The summed E-state index contributed by atoms with van der Waals surface area (Å²) in [5, 5.41) is 0.185. The molecule has 1 aromatic heterocycles. The number of likely N-dealkylation sites (tertiary alicyclic amines) is 1. The van der Waals surface area contributed by atoms with Gasteiger partial charge in [0.25, 0.3) is 5.91 Å². The number of amides is 1. The summed E-state index contributed by atoms with van der Waals surface area (Å²) in [6.45, 7) is 1.71. The number of para-hydroxylation sites is 1. The summed E-state index contributed by atoms with van der Waals surface area (Å²) in [7, 11) is 1.70. The molecule has 0 unspecified atom stereocenters. The van der Waals surface area contributed by atoms with Gasteiger partial charge in [-0.05, 0) is 37.8 Å². The third kappa shape index (κ3) is 3.04. The molecule has 4 rings (SSSR count). The minimum atomic E-state index is -0.511. The largest absolute Gasteiger partial charge is 0.378 e. The number of fused-ring (bicyclic) bond motifs is 1. The van der Waals surface area contributed by atoms with E-state index in [1.165, 1.54) is 24.4 Å². The van der Waals surface area contributed by atoms with Crippen molar-refractivity contribution in [3.63, 3.8) is 0 Å².